The largest absolute Gasteiger partial charge is 0.469 e. The van der Waals surface area contributed by atoms with Gasteiger partial charge in [-0.25, -0.2) is 9.50 Å². The van der Waals surface area contributed by atoms with E-state index in [-0.39, 0.29) is 11.8 Å². The Labute approximate surface area is 180 Å². The maximum absolute atomic E-state index is 12.7. The molecular formula is C24H25N5O2. The summed E-state index contributed by atoms with van der Waals surface area (Å²) in [7, 11) is 0. The molecule has 1 fully saturated rings. The van der Waals surface area contributed by atoms with Crippen LogP contribution in [0.5, 0.6) is 0 Å². The molecule has 0 spiro atoms. The second kappa shape index (κ2) is 8.63. The van der Waals surface area contributed by atoms with E-state index in [2.05, 4.69) is 17.4 Å². The first-order valence-electron chi connectivity index (χ1n) is 10.7. The number of aromatic nitrogens is 3. The number of anilines is 1. The number of nitrogens with zero attached hydrogens (tertiary/aromatic N) is 4. The number of benzene rings is 1. The second-order valence-electron chi connectivity index (χ2n) is 7.96. The van der Waals surface area contributed by atoms with Crippen LogP contribution in [0.25, 0.3) is 5.65 Å². The minimum absolute atomic E-state index is 0.0933. The van der Waals surface area contributed by atoms with Gasteiger partial charge in [-0.3, -0.25) is 4.79 Å². The zero-order valence-electron chi connectivity index (χ0n) is 17.3. The molecule has 1 amide bonds. The Morgan fingerprint density at radius 1 is 1.13 bits per heavy atom. The van der Waals surface area contributed by atoms with Gasteiger partial charge in [0.25, 0.3) is 0 Å². The molecule has 0 unspecified atom stereocenters. The van der Waals surface area contributed by atoms with E-state index in [1.54, 1.807) is 6.26 Å². The van der Waals surface area contributed by atoms with Crippen LogP contribution in [0.4, 0.5) is 5.69 Å². The number of pyridine rings is 1. The SMILES string of the molecule is O=C(Cc1ccco1)N1CCC[C@H](c2nc3ccc(NCc4ccccc4)cn3n2)C1. The van der Waals surface area contributed by atoms with Crippen LogP contribution in [0.1, 0.15) is 35.9 Å². The normalized spacial score (nSPS) is 16.5. The molecule has 1 N–H and O–H groups in total. The van der Waals surface area contributed by atoms with E-state index < -0.39 is 0 Å². The predicted octanol–water partition coefficient (Wildman–Crippen LogP) is 3.88. The van der Waals surface area contributed by atoms with E-state index in [0.29, 0.717) is 18.7 Å². The minimum Gasteiger partial charge on any atom is -0.469 e. The molecule has 1 saturated heterocycles. The summed E-state index contributed by atoms with van der Waals surface area (Å²) in [5.74, 6) is 1.75. The van der Waals surface area contributed by atoms with E-state index in [9.17, 15) is 4.79 Å². The number of fused-ring (bicyclic) bond motifs is 1. The van der Waals surface area contributed by atoms with Gasteiger partial charge < -0.3 is 14.6 Å². The molecular weight excluding hydrogens is 390 g/mol. The maximum Gasteiger partial charge on any atom is 0.230 e. The van der Waals surface area contributed by atoms with Crippen LogP contribution in [0, 0.1) is 0 Å². The summed E-state index contributed by atoms with van der Waals surface area (Å²) in [6, 6.07) is 17.9. The van der Waals surface area contributed by atoms with Crippen molar-refractivity contribution in [2.24, 2.45) is 0 Å². The Balaban J connectivity index is 1.26. The molecule has 1 atom stereocenters. The van der Waals surface area contributed by atoms with Crippen LogP contribution in [-0.2, 0) is 17.8 Å². The van der Waals surface area contributed by atoms with Crippen molar-refractivity contribution < 1.29 is 9.21 Å². The number of likely N-dealkylation sites (tertiary alicyclic amines) is 1. The topological polar surface area (TPSA) is 75.7 Å². The average Bonchev–Trinajstić information content (AvgIpc) is 3.48. The number of carbonyl (C=O) groups is 1. The van der Waals surface area contributed by atoms with E-state index >= 15 is 0 Å². The van der Waals surface area contributed by atoms with Crippen molar-refractivity contribution in [1.29, 1.82) is 0 Å². The first kappa shape index (κ1) is 19.4. The fraction of sp³-hybridized carbons (Fsp3) is 0.292. The molecule has 0 aliphatic carbocycles. The van der Waals surface area contributed by atoms with Gasteiger partial charge in [0.15, 0.2) is 11.5 Å². The van der Waals surface area contributed by atoms with Crippen molar-refractivity contribution in [3.05, 3.63) is 84.2 Å². The standard InChI is InChI=1S/C24H25N5O2/c30-23(14-21-9-5-13-31-21)28-12-4-8-19(16-28)24-26-22-11-10-20(17-29(22)27-24)25-15-18-6-2-1-3-7-18/h1-3,5-7,9-11,13,17,19,25H,4,8,12,14-16H2/t19-/m0/s1. The fourth-order valence-corrected chi connectivity index (χ4v) is 4.07. The van der Waals surface area contributed by atoms with Crippen molar-refractivity contribution in [3.63, 3.8) is 0 Å². The summed E-state index contributed by atoms with van der Waals surface area (Å²) in [4.78, 5) is 19.3. The molecule has 7 nitrogen and oxygen atoms in total. The molecule has 1 aliphatic heterocycles. The first-order valence-corrected chi connectivity index (χ1v) is 10.7. The Bertz CT molecular complexity index is 1150. The third-order valence-corrected chi connectivity index (χ3v) is 5.73. The highest BCUT2D eigenvalue weighted by Crippen LogP contribution is 2.26. The molecule has 0 radical (unpaired) electrons. The number of piperidine rings is 1. The summed E-state index contributed by atoms with van der Waals surface area (Å²) in [5.41, 5.74) is 3.04. The molecule has 158 valence electrons. The summed E-state index contributed by atoms with van der Waals surface area (Å²) in [5, 5.41) is 8.17. The zero-order chi connectivity index (χ0) is 21.0. The lowest BCUT2D eigenvalue weighted by Crippen LogP contribution is -2.40. The lowest BCUT2D eigenvalue weighted by molar-refractivity contribution is -0.132. The average molecular weight is 415 g/mol. The van der Waals surface area contributed by atoms with Crippen molar-refractivity contribution in [2.45, 2.75) is 31.7 Å². The minimum atomic E-state index is 0.0933. The Morgan fingerprint density at radius 2 is 2.03 bits per heavy atom. The smallest absolute Gasteiger partial charge is 0.230 e. The molecule has 0 saturated carbocycles. The van der Waals surface area contributed by atoms with Crippen LogP contribution in [0.3, 0.4) is 0 Å². The number of nitrogens with one attached hydrogen (secondary N) is 1. The van der Waals surface area contributed by atoms with Gasteiger partial charge in [-0.15, -0.1) is 0 Å². The quantitative estimate of drug-likeness (QED) is 0.517. The third kappa shape index (κ3) is 4.45. The molecule has 0 bridgehead atoms. The number of carbonyl (C=O) groups excluding carboxylic acids is 1. The Kier molecular flexibility index (Phi) is 5.39. The molecule has 5 rings (SSSR count). The number of hydrogen-bond acceptors (Lipinski definition) is 5. The molecule has 31 heavy (non-hydrogen) atoms. The van der Waals surface area contributed by atoms with Gasteiger partial charge in [0, 0.05) is 25.6 Å². The van der Waals surface area contributed by atoms with Gasteiger partial charge in [0.05, 0.1) is 24.6 Å². The third-order valence-electron chi connectivity index (χ3n) is 5.73. The predicted molar refractivity (Wildman–Crippen MR) is 118 cm³/mol. The van der Waals surface area contributed by atoms with Crippen LogP contribution >= 0.6 is 0 Å². The van der Waals surface area contributed by atoms with Gasteiger partial charge >= 0.3 is 0 Å². The summed E-state index contributed by atoms with van der Waals surface area (Å²) in [6.45, 7) is 2.18. The van der Waals surface area contributed by atoms with Crippen molar-refractivity contribution in [1.82, 2.24) is 19.5 Å². The fourth-order valence-electron chi connectivity index (χ4n) is 4.07. The van der Waals surface area contributed by atoms with Gasteiger partial charge in [-0.1, -0.05) is 30.3 Å². The van der Waals surface area contributed by atoms with Crippen molar-refractivity contribution in [2.75, 3.05) is 18.4 Å². The zero-order valence-corrected chi connectivity index (χ0v) is 17.3. The van der Waals surface area contributed by atoms with E-state index in [0.717, 1.165) is 43.1 Å². The molecule has 1 aromatic carbocycles. The van der Waals surface area contributed by atoms with Crippen molar-refractivity contribution >= 4 is 17.2 Å². The first-order chi connectivity index (χ1) is 15.2. The highest BCUT2D eigenvalue weighted by Gasteiger charge is 2.27. The summed E-state index contributed by atoms with van der Waals surface area (Å²) >= 11 is 0. The Morgan fingerprint density at radius 3 is 2.87 bits per heavy atom. The van der Waals surface area contributed by atoms with Crippen molar-refractivity contribution in [3.8, 4) is 0 Å². The molecule has 4 heterocycles. The number of hydrogen-bond donors (Lipinski definition) is 1. The van der Waals surface area contributed by atoms with E-state index in [4.69, 9.17) is 14.5 Å². The monoisotopic (exact) mass is 415 g/mol. The van der Waals surface area contributed by atoms with E-state index in [1.807, 2.05) is 58.1 Å². The van der Waals surface area contributed by atoms with E-state index in [1.165, 1.54) is 5.56 Å². The molecule has 1 aliphatic rings. The summed E-state index contributed by atoms with van der Waals surface area (Å²) in [6.07, 6.45) is 5.81. The lowest BCUT2D eigenvalue weighted by atomic mass is 9.97. The maximum atomic E-state index is 12.7. The van der Waals surface area contributed by atoms with Gasteiger partial charge in [0.2, 0.25) is 5.91 Å². The van der Waals surface area contributed by atoms with Crippen LogP contribution in [-0.4, -0.2) is 38.5 Å². The van der Waals surface area contributed by atoms with Gasteiger partial charge in [-0.2, -0.15) is 5.10 Å². The number of furan rings is 1. The molecule has 4 aromatic rings. The van der Waals surface area contributed by atoms with Crippen LogP contribution in [0.2, 0.25) is 0 Å². The number of amides is 1. The van der Waals surface area contributed by atoms with Gasteiger partial charge in [-0.05, 0) is 42.7 Å². The second-order valence-corrected chi connectivity index (χ2v) is 7.96. The lowest BCUT2D eigenvalue weighted by Gasteiger charge is -2.31. The highest BCUT2D eigenvalue weighted by atomic mass is 16.3. The molecule has 7 heteroatoms. The summed E-state index contributed by atoms with van der Waals surface area (Å²) < 4.78 is 7.15. The number of rotatable bonds is 6. The Hall–Kier alpha value is -3.61. The van der Waals surface area contributed by atoms with Crippen LogP contribution in [0.15, 0.2) is 71.5 Å². The molecule has 3 aromatic heterocycles. The van der Waals surface area contributed by atoms with Gasteiger partial charge in [0.1, 0.15) is 5.76 Å². The highest BCUT2D eigenvalue weighted by molar-refractivity contribution is 5.78. The van der Waals surface area contributed by atoms with Crippen LogP contribution < -0.4 is 5.32 Å².